The van der Waals surface area contributed by atoms with Gasteiger partial charge >= 0.3 is 316 Å². The molecule has 0 N–H and O–H groups in total. The second kappa shape index (κ2) is 17.4. The Balaban J connectivity index is 1.48. The van der Waals surface area contributed by atoms with Gasteiger partial charge in [0.05, 0.1) is 0 Å². The van der Waals surface area contributed by atoms with E-state index in [-0.39, 0.29) is 0 Å². The van der Waals surface area contributed by atoms with Crippen LogP contribution in [0.5, 0.6) is 0 Å². The van der Waals surface area contributed by atoms with E-state index in [2.05, 4.69) is 0 Å². The van der Waals surface area contributed by atoms with Gasteiger partial charge in [-0.3, -0.25) is 0 Å². The fraction of sp³-hybridized carbons (Fsp3) is 0.0455. The van der Waals surface area contributed by atoms with Crippen molar-refractivity contribution in [3.63, 3.8) is 0 Å². The van der Waals surface area contributed by atoms with Gasteiger partial charge in [0.1, 0.15) is 0 Å². The maximum atomic E-state index is 14.7. The average Bonchev–Trinajstić information content (AvgIpc) is 3.15. The molecular formula is C44H34Cl2O4Sn. The van der Waals surface area contributed by atoms with Crippen molar-refractivity contribution in [1.29, 1.82) is 0 Å². The summed E-state index contributed by atoms with van der Waals surface area (Å²) in [6.45, 7) is 0. The van der Waals surface area contributed by atoms with E-state index in [9.17, 15) is 9.59 Å². The van der Waals surface area contributed by atoms with Crippen molar-refractivity contribution in [1.82, 2.24) is 0 Å². The van der Waals surface area contributed by atoms with Gasteiger partial charge in [0.2, 0.25) is 0 Å². The summed E-state index contributed by atoms with van der Waals surface area (Å²) in [4.78, 5) is 29.3. The summed E-state index contributed by atoms with van der Waals surface area (Å²) in [6.07, 6.45) is 3.57. The fourth-order valence-corrected chi connectivity index (χ4v) is 14.7. The van der Waals surface area contributed by atoms with E-state index >= 15 is 0 Å². The Morgan fingerprint density at radius 2 is 0.765 bits per heavy atom. The van der Waals surface area contributed by atoms with Gasteiger partial charge in [-0.2, -0.15) is 0 Å². The summed E-state index contributed by atoms with van der Waals surface area (Å²) in [5, 5.41) is 1.18. The first-order chi connectivity index (χ1) is 24.9. The number of halogens is 2. The molecule has 0 fully saturated rings. The summed E-state index contributed by atoms with van der Waals surface area (Å²) in [6, 6.07) is 52.7. The van der Waals surface area contributed by atoms with Crippen LogP contribution in [0.1, 0.15) is 33.4 Å². The first kappa shape index (κ1) is 35.9. The molecule has 0 heterocycles. The number of carbonyl (C=O) groups is 2. The van der Waals surface area contributed by atoms with E-state index in [0.29, 0.717) is 41.2 Å². The Bertz CT molecular complexity index is 1960. The molecule has 0 aliphatic carbocycles. The van der Waals surface area contributed by atoms with Crippen molar-refractivity contribution < 1.29 is 15.7 Å². The molecule has 0 saturated carbocycles. The quantitative estimate of drug-likeness (QED) is 0.0701. The first-order valence-corrected chi connectivity index (χ1v) is 23.6. The number of carbonyl (C=O) groups excluding carboxylic acids is 2. The van der Waals surface area contributed by atoms with E-state index in [4.69, 9.17) is 29.4 Å². The van der Waals surface area contributed by atoms with Crippen LogP contribution in [-0.4, -0.2) is 31.1 Å². The van der Waals surface area contributed by atoms with Crippen LogP contribution >= 0.6 is 23.2 Å². The van der Waals surface area contributed by atoms with E-state index in [1.54, 1.807) is 36.4 Å². The molecule has 0 aliphatic heterocycles. The van der Waals surface area contributed by atoms with Crippen LogP contribution in [0.4, 0.5) is 0 Å². The average molecular weight is 816 g/mol. The Labute approximate surface area is 313 Å². The molecule has 7 heteroatoms. The third-order valence-corrected chi connectivity index (χ3v) is 17.3. The topological polar surface area (TPSA) is 52.6 Å². The third-order valence-electron chi connectivity index (χ3n) is 8.16. The van der Waals surface area contributed by atoms with Crippen molar-refractivity contribution >= 4 is 77.6 Å². The van der Waals surface area contributed by atoms with Gasteiger partial charge in [0, 0.05) is 0 Å². The molecule has 0 aliphatic rings. The first-order valence-electron chi connectivity index (χ1n) is 16.5. The van der Waals surface area contributed by atoms with Crippen LogP contribution in [0.25, 0.3) is 23.3 Å². The van der Waals surface area contributed by atoms with E-state index in [1.807, 2.05) is 146 Å². The molecule has 0 saturated heterocycles. The van der Waals surface area contributed by atoms with Gasteiger partial charge in [-0.25, -0.2) is 0 Å². The fourth-order valence-electron chi connectivity index (χ4n) is 5.70. The minimum absolute atomic E-state index is 0.300. The molecule has 0 amide bonds. The predicted molar refractivity (Wildman–Crippen MR) is 210 cm³/mol. The molecule has 0 unspecified atom stereocenters. The van der Waals surface area contributed by atoms with Crippen molar-refractivity contribution in [2.24, 2.45) is 0 Å². The summed E-state index contributed by atoms with van der Waals surface area (Å²) in [5.74, 6) is -1.12. The van der Waals surface area contributed by atoms with Gasteiger partial charge in [-0.05, 0) is 0 Å². The van der Waals surface area contributed by atoms with Crippen LogP contribution in [-0.2, 0) is 24.6 Å². The van der Waals surface area contributed by atoms with Crippen molar-refractivity contribution in [2.45, 2.75) is 8.87 Å². The number of rotatable bonds is 12. The van der Waals surface area contributed by atoms with E-state index in [0.717, 1.165) is 22.3 Å². The van der Waals surface area contributed by atoms with Gasteiger partial charge in [0.25, 0.3) is 0 Å². The van der Waals surface area contributed by atoms with Crippen LogP contribution in [0.15, 0.2) is 170 Å². The van der Waals surface area contributed by atoms with Gasteiger partial charge < -0.3 is 0 Å². The Hall–Kier alpha value is -4.88. The normalized spacial score (nSPS) is 11.9. The Morgan fingerprint density at radius 1 is 0.451 bits per heavy atom. The minimum atomic E-state index is -4.95. The summed E-state index contributed by atoms with van der Waals surface area (Å²) in [7, 11) is 0. The molecule has 4 nitrogen and oxygen atoms in total. The number of hydrogen-bond acceptors (Lipinski definition) is 4. The SMILES string of the molecule is O=C([O][Sn]([CH2]c1ccccc1)([CH2]c1ccccc1)[O]C(=O)/C(=C/c1ccc(Cl)cc1)c1ccccc1)/C(=C/c1ccc(Cl)cc1)c1ccccc1. The molecule has 6 aromatic rings. The van der Waals surface area contributed by atoms with Crippen molar-refractivity contribution in [2.75, 3.05) is 0 Å². The molecule has 0 atom stereocenters. The van der Waals surface area contributed by atoms with Crippen LogP contribution in [0.3, 0.4) is 0 Å². The molecule has 6 rings (SSSR count). The van der Waals surface area contributed by atoms with Gasteiger partial charge in [-0.1, -0.05) is 0 Å². The van der Waals surface area contributed by atoms with Crippen LogP contribution in [0, 0.1) is 0 Å². The maximum absolute atomic E-state index is 14.7. The Kier molecular flexibility index (Phi) is 12.2. The van der Waals surface area contributed by atoms with Crippen molar-refractivity contribution in [3.05, 3.63) is 213 Å². The second-order valence-corrected chi connectivity index (χ2v) is 21.2. The second-order valence-electron chi connectivity index (χ2n) is 12.0. The monoisotopic (exact) mass is 816 g/mol. The molecule has 0 radical (unpaired) electrons. The number of benzene rings is 6. The zero-order chi connectivity index (χ0) is 35.5. The standard InChI is InChI=1S/2C15H11ClO2.2C7H7.Sn/c2*16-13-8-6-11(7-9-13)10-14(15(17)18)12-4-2-1-3-5-12;2*1-7-5-3-2-4-6-7;/h2*1-10H,(H,17,18);2*2-6H,1H2;/q;;;;+2/p-2/b2*14-10+;;;. The van der Waals surface area contributed by atoms with Crippen LogP contribution in [0.2, 0.25) is 10.0 Å². The summed E-state index contributed by atoms with van der Waals surface area (Å²) in [5.41, 5.74) is 5.42. The van der Waals surface area contributed by atoms with Crippen LogP contribution < -0.4 is 0 Å². The Morgan fingerprint density at radius 3 is 1.10 bits per heavy atom. The molecule has 0 bridgehead atoms. The molecule has 0 aromatic heterocycles. The van der Waals surface area contributed by atoms with Gasteiger partial charge in [-0.15, -0.1) is 0 Å². The molecular weight excluding hydrogens is 782 g/mol. The van der Waals surface area contributed by atoms with Gasteiger partial charge in [0.15, 0.2) is 0 Å². The van der Waals surface area contributed by atoms with Crippen molar-refractivity contribution in [3.8, 4) is 0 Å². The molecule has 6 aromatic carbocycles. The zero-order valence-corrected chi connectivity index (χ0v) is 32.0. The number of hydrogen-bond donors (Lipinski definition) is 0. The molecule has 252 valence electrons. The predicted octanol–water partition coefficient (Wildman–Crippen LogP) is 10.9. The molecule has 51 heavy (non-hydrogen) atoms. The van der Waals surface area contributed by atoms with E-state index < -0.39 is 31.1 Å². The zero-order valence-electron chi connectivity index (χ0n) is 27.6. The summed E-state index contributed by atoms with van der Waals surface area (Å²) < 4.78 is 14.1. The summed E-state index contributed by atoms with van der Waals surface area (Å²) >= 11 is 7.42. The molecule has 0 spiro atoms. The van der Waals surface area contributed by atoms with E-state index in [1.165, 1.54) is 0 Å². The third kappa shape index (κ3) is 10.1.